The van der Waals surface area contributed by atoms with Gasteiger partial charge in [0.15, 0.2) is 0 Å². The second kappa shape index (κ2) is 6.06. The molecule has 0 unspecified atom stereocenters. The van der Waals surface area contributed by atoms with Gasteiger partial charge in [-0.05, 0) is 20.8 Å². The second-order valence-electron chi connectivity index (χ2n) is 4.50. The maximum absolute atomic E-state index is 4.44. The summed E-state index contributed by atoms with van der Waals surface area (Å²) in [5.74, 6) is 0.986. The Kier molecular flexibility index (Phi) is 4.43. The topological polar surface area (TPSA) is 55.6 Å². The molecule has 2 heterocycles. The fourth-order valence-electron chi connectivity index (χ4n) is 1.77. The van der Waals surface area contributed by atoms with Gasteiger partial charge in [-0.1, -0.05) is 0 Å². The zero-order valence-corrected chi connectivity index (χ0v) is 11.9. The number of rotatable bonds is 6. The zero-order chi connectivity index (χ0) is 13.0. The Hall–Kier alpha value is -1.27. The highest BCUT2D eigenvalue weighted by Gasteiger charge is 2.06. The number of aryl methyl sites for hydroxylation is 1. The summed E-state index contributed by atoms with van der Waals surface area (Å²) < 4.78 is 1.94. The molecule has 0 amide bonds. The first-order valence-corrected chi connectivity index (χ1v) is 7.05. The minimum atomic E-state index is 0.352. The van der Waals surface area contributed by atoms with Crippen molar-refractivity contribution >= 4 is 11.3 Å². The summed E-state index contributed by atoms with van der Waals surface area (Å²) in [6, 6.07) is 0.352. The molecule has 0 fully saturated rings. The molecule has 5 nitrogen and oxygen atoms in total. The van der Waals surface area contributed by atoms with Crippen molar-refractivity contribution in [1.29, 1.82) is 0 Å². The van der Waals surface area contributed by atoms with Gasteiger partial charge in [0.25, 0.3) is 0 Å². The highest BCUT2D eigenvalue weighted by Crippen LogP contribution is 2.08. The predicted molar refractivity (Wildman–Crippen MR) is 72.7 cm³/mol. The van der Waals surface area contributed by atoms with E-state index in [2.05, 4.69) is 39.6 Å². The number of nitrogens with zero attached hydrogens (tertiary/aromatic N) is 4. The van der Waals surface area contributed by atoms with Crippen molar-refractivity contribution < 1.29 is 0 Å². The molecule has 0 radical (unpaired) electrons. The lowest BCUT2D eigenvalue weighted by atomic mass is 10.3. The Balaban J connectivity index is 1.77. The van der Waals surface area contributed by atoms with Crippen molar-refractivity contribution in [2.24, 2.45) is 0 Å². The van der Waals surface area contributed by atoms with Crippen LogP contribution in [0.1, 0.15) is 36.4 Å². The molecule has 98 valence electrons. The Labute approximate surface area is 111 Å². The molecule has 0 bridgehead atoms. The molecule has 0 aliphatic heterocycles. The minimum Gasteiger partial charge on any atom is -0.309 e. The lowest BCUT2D eigenvalue weighted by Gasteiger charge is -2.09. The van der Waals surface area contributed by atoms with Gasteiger partial charge in [0.2, 0.25) is 0 Å². The molecule has 2 aromatic rings. The summed E-state index contributed by atoms with van der Waals surface area (Å²) in [6.07, 6.45) is 2.57. The molecule has 0 aliphatic carbocycles. The van der Waals surface area contributed by atoms with E-state index < -0.39 is 0 Å². The van der Waals surface area contributed by atoms with Crippen LogP contribution < -0.4 is 5.32 Å². The first kappa shape index (κ1) is 13.2. The number of hydrogen-bond donors (Lipinski definition) is 1. The summed E-state index contributed by atoms with van der Waals surface area (Å²) in [4.78, 5) is 8.70. The van der Waals surface area contributed by atoms with E-state index in [-0.39, 0.29) is 0 Å². The van der Waals surface area contributed by atoms with Gasteiger partial charge in [-0.3, -0.25) is 0 Å². The number of nitrogens with one attached hydrogen (secondary N) is 1. The first-order chi connectivity index (χ1) is 8.66. The molecule has 1 N–H and O–H groups in total. The van der Waals surface area contributed by atoms with E-state index in [4.69, 9.17) is 0 Å². The summed E-state index contributed by atoms with van der Waals surface area (Å²) in [5.41, 5.74) is 1.16. The average Bonchev–Trinajstić information content (AvgIpc) is 2.93. The lowest BCUT2D eigenvalue weighted by molar-refractivity contribution is 0.490. The van der Waals surface area contributed by atoms with Gasteiger partial charge in [-0.15, -0.1) is 11.3 Å². The van der Waals surface area contributed by atoms with Gasteiger partial charge < -0.3 is 5.32 Å². The van der Waals surface area contributed by atoms with Crippen LogP contribution >= 0.6 is 11.3 Å². The predicted octanol–water partition coefficient (Wildman–Crippen LogP) is 1.96. The third-order valence-corrected chi connectivity index (χ3v) is 3.47. The number of aromatic nitrogens is 4. The SMILES string of the molecule is Cc1nc(CCNCc2ncnn2C(C)C)cs1. The number of hydrogen-bond acceptors (Lipinski definition) is 5. The zero-order valence-electron chi connectivity index (χ0n) is 11.1. The Morgan fingerprint density at radius 3 is 2.94 bits per heavy atom. The lowest BCUT2D eigenvalue weighted by Crippen LogP contribution is -2.20. The van der Waals surface area contributed by atoms with Crippen molar-refractivity contribution in [1.82, 2.24) is 25.1 Å². The molecule has 0 saturated carbocycles. The van der Waals surface area contributed by atoms with Gasteiger partial charge in [0.05, 0.1) is 17.2 Å². The second-order valence-corrected chi connectivity index (χ2v) is 5.56. The minimum absolute atomic E-state index is 0.352. The van der Waals surface area contributed by atoms with Crippen LogP contribution in [0.15, 0.2) is 11.7 Å². The smallest absolute Gasteiger partial charge is 0.141 e. The Morgan fingerprint density at radius 2 is 2.28 bits per heavy atom. The fraction of sp³-hybridized carbons (Fsp3) is 0.583. The van der Waals surface area contributed by atoms with E-state index in [0.717, 1.165) is 36.0 Å². The van der Waals surface area contributed by atoms with Crippen molar-refractivity contribution in [2.75, 3.05) is 6.54 Å². The molecule has 0 atom stereocenters. The summed E-state index contributed by atoms with van der Waals surface area (Å²) in [6.45, 7) is 7.91. The first-order valence-electron chi connectivity index (χ1n) is 6.17. The van der Waals surface area contributed by atoms with Crippen LogP contribution in [0, 0.1) is 6.92 Å². The normalized spacial score (nSPS) is 11.3. The van der Waals surface area contributed by atoms with Gasteiger partial charge in [-0.2, -0.15) is 5.10 Å². The van der Waals surface area contributed by atoms with E-state index in [1.165, 1.54) is 0 Å². The van der Waals surface area contributed by atoms with Crippen LogP contribution in [0.5, 0.6) is 0 Å². The van der Waals surface area contributed by atoms with Gasteiger partial charge in [-0.25, -0.2) is 14.6 Å². The fourth-order valence-corrected chi connectivity index (χ4v) is 2.42. The van der Waals surface area contributed by atoms with Crippen molar-refractivity contribution in [2.45, 2.75) is 39.8 Å². The van der Waals surface area contributed by atoms with Crippen LogP contribution in [0.4, 0.5) is 0 Å². The van der Waals surface area contributed by atoms with Crippen molar-refractivity contribution in [3.05, 3.63) is 28.2 Å². The summed E-state index contributed by atoms with van der Waals surface area (Å²) >= 11 is 1.70. The molecule has 2 aromatic heterocycles. The largest absolute Gasteiger partial charge is 0.309 e. The van der Waals surface area contributed by atoms with E-state index in [0.29, 0.717) is 6.04 Å². The summed E-state index contributed by atoms with van der Waals surface area (Å²) in [7, 11) is 0. The van der Waals surface area contributed by atoms with E-state index in [9.17, 15) is 0 Å². The molecule has 0 aromatic carbocycles. The van der Waals surface area contributed by atoms with Crippen LogP contribution in [-0.2, 0) is 13.0 Å². The third kappa shape index (κ3) is 3.36. The van der Waals surface area contributed by atoms with E-state index in [1.54, 1.807) is 17.7 Å². The standard InChI is InChI=1S/C12H19N5S/c1-9(2)17-12(14-8-15-17)6-13-5-4-11-7-18-10(3)16-11/h7-9,13H,4-6H2,1-3H3. The van der Waals surface area contributed by atoms with E-state index >= 15 is 0 Å². The highest BCUT2D eigenvalue weighted by atomic mass is 32.1. The quantitative estimate of drug-likeness (QED) is 0.811. The van der Waals surface area contributed by atoms with Crippen LogP contribution in [0.25, 0.3) is 0 Å². The molecular formula is C12H19N5S. The van der Waals surface area contributed by atoms with Crippen molar-refractivity contribution in [3.8, 4) is 0 Å². The van der Waals surface area contributed by atoms with Gasteiger partial charge in [0, 0.05) is 24.4 Å². The molecule has 0 aliphatic rings. The monoisotopic (exact) mass is 265 g/mol. The average molecular weight is 265 g/mol. The van der Waals surface area contributed by atoms with Gasteiger partial charge >= 0.3 is 0 Å². The van der Waals surface area contributed by atoms with Crippen molar-refractivity contribution in [3.63, 3.8) is 0 Å². The maximum atomic E-state index is 4.44. The molecule has 18 heavy (non-hydrogen) atoms. The molecule has 6 heteroatoms. The summed E-state index contributed by atoms with van der Waals surface area (Å²) in [5, 5.41) is 10.8. The van der Waals surface area contributed by atoms with Crippen LogP contribution in [0.2, 0.25) is 0 Å². The molecule has 0 saturated heterocycles. The van der Waals surface area contributed by atoms with Gasteiger partial charge in [0.1, 0.15) is 12.2 Å². The molecular weight excluding hydrogens is 246 g/mol. The van der Waals surface area contributed by atoms with E-state index in [1.807, 2.05) is 11.6 Å². The Bertz CT molecular complexity index is 488. The highest BCUT2D eigenvalue weighted by molar-refractivity contribution is 7.09. The third-order valence-electron chi connectivity index (χ3n) is 2.64. The van der Waals surface area contributed by atoms with Crippen LogP contribution in [0.3, 0.4) is 0 Å². The van der Waals surface area contributed by atoms with Crippen LogP contribution in [-0.4, -0.2) is 26.3 Å². The Morgan fingerprint density at radius 1 is 1.44 bits per heavy atom. The number of thiazole rings is 1. The molecule has 0 spiro atoms. The maximum Gasteiger partial charge on any atom is 0.141 e. The molecule has 2 rings (SSSR count).